The molecule has 0 saturated heterocycles. The van der Waals surface area contributed by atoms with E-state index in [9.17, 15) is 0 Å². The Labute approximate surface area is 117 Å². The van der Waals surface area contributed by atoms with Crippen molar-refractivity contribution in [3.8, 4) is 11.3 Å². The topological polar surface area (TPSA) is 30.2 Å². The molecule has 90 valence electrons. The lowest BCUT2D eigenvalue weighted by atomic mass is 10.1. The predicted octanol–water partition coefficient (Wildman–Crippen LogP) is 3.88. The van der Waals surface area contributed by atoms with Crippen LogP contribution in [0.2, 0.25) is 0 Å². The number of rotatable bonds is 2. The van der Waals surface area contributed by atoms with E-state index in [0.717, 1.165) is 26.5 Å². The van der Waals surface area contributed by atoms with Gasteiger partial charge in [-0.05, 0) is 18.4 Å². The molecule has 1 aromatic carbocycles. The van der Waals surface area contributed by atoms with Crippen molar-refractivity contribution in [2.75, 3.05) is 6.26 Å². The van der Waals surface area contributed by atoms with Gasteiger partial charge in [-0.1, -0.05) is 39.8 Å². The zero-order valence-electron chi connectivity index (χ0n) is 9.67. The number of aromatic nitrogens is 3. The van der Waals surface area contributed by atoms with Crippen LogP contribution in [0.4, 0.5) is 0 Å². The predicted molar refractivity (Wildman–Crippen MR) is 77.9 cm³/mol. The molecule has 2 heterocycles. The molecular weight excluding hydrogens is 310 g/mol. The van der Waals surface area contributed by atoms with Crippen molar-refractivity contribution in [1.82, 2.24) is 14.4 Å². The van der Waals surface area contributed by atoms with Crippen molar-refractivity contribution in [1.29, 1.82) is 0 Å². The minimum Gasteiger partial charge on any atom is -0.279 e. The fourth-order valence-corrected chi connectivity index (χ4v) is 2.61. The maximum atomic E-state index is 4.66. The van der Waals surface area contributed by atoms with Crippen molar-refractivity contribution in [2.45, 2.75) is 5.16 Å². The normalized spacial score (nSPS) is 11.0. The van der Waals surface area contributed by atoms with Gasteiger partial charge in [0, 0.05) is 28.5 Å². The van der Waals surface area contributed by atoms with Crippen LogP contribution in [-0.4, -0.2) is 20.6 Å². The molecule has 0 radical (unpaired) electrons. The van der Waals surface area contributed by atoms with Gasteiger partial charge in [-0.25, -0.2) is 9.97 Å². The highest BCUT2D eigenvalue weighted by Gasteiger charge is 2.07. The summed E-state index contributed by atoms with van der Waals surface area (Å²) >= 11 is 5.06. The lowest BCUT2D eigenvalue weighted by Gasteiger charge is -2.06. The lowest BCUT2D eigenvalue weighted by molar-refractivity contribution is 0.910. The van der Waals surface area contributed by atoms with Gasteiger partial charge in [0.25, 0.3) is 0 Å². The molecule has 18 heavy (non-hydrogen) atoms. The lowest BCUT2D eigenvalue weighted by Crippen LogP contribution is -1.95. The van der Waals surface area contributed by atoms with Crippen molar-refractivity contribution in [2.24, 2.45) is 0 Å². The fourth-order valence-electron chi connectivity index (χ4n) is 1.81. The van der Waals surface area contributed by atoms with Crippen LogP contribution in [0.3, 0.4) is 0 Å². The summed E-state index contributed by atoms with van der Waals surface area (Å²) in [5.41, 5.74) is 2.97. The molecule has 3 nitrogen and oxygen atoms in total. The van der Waals surface area contributed by atoms with E-state index >= 15 is 0 Å². The second-order valence-electron chi connectivity index (χ2n) is 3.79. The highest BCUT2D eigenvalue weighted by Crippen LogP contribution is 2.24. The minimum atomic E-state index is 0.923. The van der Waals surface area contributed by atoms with Crippen molar-refractivity contribution < 1.29 is 0 Å². The Morgan fingerprint density at radius 3 is 2.72 bits per heavy atom. The van der Waals surface area contributed by atoms with Crippen LogP contribution in [0.5, 0.6) is 0 Å². The smallest absolute Gasteiger partial charge is 0.174 e. The average molecular weight is 320 g/mol. The van der Waals surface area contributed by atoms with E-state index in [2.05, 4.69) is 38.0 Å². The zero-order chi connectivity index (χ0) is 12.5. The van der Waals surface area contributed by atoms with Crippen LogP contribution in [0.15, 0.2) is 52.4 Å². The Kier molecular flexibility index (Phi) is 3.09. The number of benzene rings is 1. The number of nitrogens with zero attached hydrogens (tertiary/aromatic N) is 3. The summed E-state index contributed by atoms with van der Waals surface area (Å²) in [5.74, 6) is 0. The van der Waals surface area contributed by atoms with Gasteiger partial charge in [-0.2, -0.15) is 0 Å². The van der Waals surface area contributed by atoms with E-state index in [-0.39, 0.29) is 0 Å². The van der Waals surface area contributed by atoms with E-state index in [0.29, 0.717) is 0 Å². The van der Waals surface area contributed by atoms with Gasteiger partial charge in [-0.15, -0.1) is 0 Å². The van der Waals surface area contributed by atoms with Gasteiger partial charge in [0.2, 0.25) is 0 Å². The van der Waals surface area contributed by atoms with Gasteiger partial charge >= 0.3 is 0 Å². The summed E-state index contributed by atoms with van der Waals surface area (Å²) < 4.78 is 3.06. The highest BCUT2D eigenvalue weighted by atomic mass is 79.9. The molecule has 0 aliphatic heterocycles. The molecule has 0 N–H and O–H groups in total. The number of hydrogen-bond acceptors (Lipinski definition) is 3. The molecule has 0 unspecified atom stereocenters. The highest BCUT2D eigenvalue weighted by molar-refractivity contribution is 9.10. The Morgan fingerprint density at radius 2 is 2.00 bits per heavy atom. The number of hydrogen-bond donors (Lipinski definition) is 0. The molecule has 0 atom stereocenters. The molecule has 0 saturated carbocycles. The van der Waals surface area contributed by atoms with Crippen LogP contribution in [0, 0.1) is 0 Å². The van der Waals surface area contributed by atoms with E-state index in [1.807, 2.05) is 35.1 Å². The Bertz CT molecular complexity index is 691. The SMILES string of the molecule is CSc1nc(-c2ccc(Br)cc2)cc2nccn12. The van der Waals surface area contributed by atoms with Crippen molar-refractivity contribution >= 4 is 33.3 Å². The molecule has 2 aromatic heterocycles. The third kappa shape index (κ3) is 2.04. The monoisotopic (exact) mass is 319 g/mol. The first-order valence-corrected chi connectivity index (χ1v) is 7.44. The number of thioether (sulfide) groups is 1. The van der Waals surface area contributed by atoms with Crippen molar-refractivity contribution in [3.63, 3.8) is 0 Å². The molecule has 5 heteroatoms. The van der Waals surface area contributed by atoms with Crippen LogP contribution < -0.4 is 0 Å². The van der Waals surface area contributed by atoms with Gasteiger partial charge in [0.05, 0.1) is 5.69 Å². The first-order chi connectivity index (χ1) is 8.78. The number of imidazole rings is 1. The summed E-state index contributed by atoms with van der Waals surface area (Å²) in [6.45, 7) is 0. The van der Waals surface area contributed by atoms with Crippen LogP contribution in [-0.2, 0) is 0 Å². The summed E-state index contributed by atoms with van der Waals surface area (Å²) in [6, 6.07) is 10.1. The van der Waals surface area contributed by atoms with E-state index in [4.69, 9.17) is 0 Å². The van der Waals surface area contributed by atoms with E-state index in [1.165, 1.54) is 0 Å². The second-order valence-corrected chi connectivity index (χ2v) is 5.48. The molecule has 0 fully saturated rings. The van der Waals surface area contributed by atoms with Crippen LogP contribution >= 0.6 is 27.7 Å². The summed E-state index contributed by atoms with van der Waals surface area (Å²) in [7, 11) is 0. The van der Waals surface area contributed by atoms with E-state index in [1.54, 1.807) is 18.0 Å². The largest absolute Gasteiger partial charge is 0.279 e. The number of fused-ring (bicyclic) bond motifs is 1. The third-order valence-electron chi connectivity index (χ3n) is 2.68. The van der Waals surface area contributed by atoms with E-state index < -0.39 is 0 Å². The molecule has 0 spiro atoms. The minimum absolute atomic E-state index is 0.923. The molecule has 0 aliphatic rings. The maximum absolute atomic E-state index is 4.66. The summed E-state index contributed by atoms with van der Waals surface area (Å²) in [6.07, 6.45) is 5.74. The molecule has 3 aromatic rings. The first-order valence-electron chi connectivity index (χ1n) is 5.42. The van der Waals surface area contributed by atoms with Gasteiger partial charge in [0.15, 0.2) is 5.16 Å². The average Bonchev–Trinajstić information content (AvgIpc) is 2.86. The first kappa shape index (κ1) is 11.7. The fraction of sp³-hybridized carbons (Fsp3) is 0.0769. The third-order valence-corrected chi connectivity index (χ3v) is 3.86. The van der Waals surface area contributed by atoms with Gasteiger partial charge in [0.1, 0.15) is 5.65 Å². The maximum Gasteiger partial charge on any atom is 0.174 e. The zero-order valence-corrected chi connectivity index (χ0v) is 12.1. The Hall–Kier alpha value is -1.33. The van der Waals surface area contributed by atoms with Crippen molar-refractivity contribution in [3.05, 3.63) is 47.2 Å². The Balaban J connectivity index is 2.19. The molecule has 0 aliphatic carbocycles. The molecule has 0 amide bonds. The van der Waals surface area contributed by atoms with Gasteiger partial charge in [-0.3, -0.25) is 4.40 Å². The summed E-state index contributed by atoms with van der Waals surface area (Å²) in [5, 5.41) is 0.947. The van der Waals surface area contributed by atoms with Crippen LogP contribution in [0.1, 0.15) is 0 Å². The molecule has 0 bridgehead atoms. The molecular formula is C13H10BrN3S. The van der Waals surface area contributed by atoms with Gasteiger partial charge < -0.3 is 0 Å². The van der Waals surface area contributed by atoms with Crippen LogP contribution in [0.25, 0.3) is 16.9 Å². The summed E-state index contributed by atoms with van der Waals surface area (Å²) in [4.78, 5) is 8.99. The quantitative estimate of drug-likeness (QED) is 0.530. The number of halogens is 1. The standard InChI is InChI=1S/C13H10BrN3S/c1-18-13-16-11(8-12-15-6-7-17(12)13)9-2-4-10(14)5-3-9/h2-8H,1H3. The second kappa shape index (κ2) is 4.74. The molecule has 3 rings (SSSR count). The Morgan fingerprint density at radius 1 is 1.22 bits per heavy atom.